The molecule has 0 amide bonds. The van der Waals surface area contributed by atoms with Crippen molar-refractivity contribution in [1.82, 2.24) is 0 Å². The Bertz CT molecular complexity index is 787. The van der Waals surface area contributed by atoms with Crippen LogP contribution in [0.4, 0.5) is 5.69 Å². The molecule has 1 N–H and O–H groups in total. The molecule has 0 spiro atoms. The van der Waals surface area contributed by atoms with Crippen molar-refractivity contribution >= 4 is 15.8 Å². The standard InChI is InChI=1S/C17H21NO4S/c1-4-22-17-9-8-13(2)10-16(17)18(3)12-14-6-5-7-15(11-14)23(19,20)21/h5-11H,4,12H2,1-3H3,(H,19,20,21). The molecule has 0 saturated heterocycles. The highest BCUT2D eigenvalue weighted by molar-refractivity contribution is 7.85. The molecule has 2 aromatic rings. The van der Waals surface area contributed by atoms with E-state index in [1.165, 1.54) is 12.1 Å². The van der Waals surface area contributed by atoms with Crippen LogP contribution in [-0.2, 0) is 16.7 Å². The number of hydrogen-bond acceptors (Lipinski definition) is 4. The van der Waals surface area contributed by atoms with Crippen LogP contribution in [0.2, 0.25) is 0 Å². The molecular weight excluding hydrogens is 314 g/mol. The molecule has 124 valence electrons. The van der Waals surface area contributed by atoms with Crippen LogP contribution < -0.4 is 9.64 Å². The molecule has 23 heavy (non-hydrogen) atoms. The largest absolute Gasteiger partial charge is 0.492 e. The average molecular weight is 335 g/mol. The fourth-order valence-corrected chi connectivity index (χ4v) is 2.92. The predicted octanol–water partition coefficient (Wildman–Crippen LogP) is 3.28. The van der Waals surface area contributed by atoms with Crippen molar-refractivity contribution in [2.75, 3.05) is 18.6 Å². The summed E-state index contributed by atoms with van der Waals surface area (Å²) in [4.78, 5) is 1.89. The first-order valence-electron chi connectivity index (χ1n) is 7.32. The fraction of sp³-hybridized carbons (Fsp3) is 0.294. The molecule has 0 aliphatic rings. The highest BCUT2D eigenvalue weighted by Crippen LogP contribution is 2.30. The number of nitrogens with zero attached hydrogens (tertiary/aromatic N) is 1. The number of rotatable bonds is 6. The van der Waals surface area contributed by atoms with Crippen molar-refractivity contribution in [3.63, 3.8) is 0 Å². The SMILES string of the molecule is CCOc1ccc(C)cc1N(C)Cc1cccc(S(=O)(=O)O)c1. The summed E-state index contributed by atoms with van der Waals surface area (Å²) in [6.45, 7) is 5.00. The Morgan fingerprint density at radius 2 is 1.91 bits per heavy atom. The molecule has 6 heteroatoms. The molecular formula is C17H21NO4S. The van der Waals surface area contributed by atoms with Gasteiger partial charge in [-0.2, -0.15) is 8.42 Å². The Balaban J connectivity index is 2.29. The second-order valence-electron chi connectivity index (χ2n) is 5.38. The van der Waals surface area contributed by atoms with Crippen LogP contribution in [-0.4, -0.2) is 26.6 Å². The van der Waals surface area contributed by atoms with Crippen LogP contribution in [0.3, 0.4) is 0 Å². The zero-order chi connectivity index (χ0) is 17.0. The van der Waals surface area contributed by atoms with Crippen molar-refractivity contribution in [2.45, 2.75) is 25.3 Å². The van der Waals surface area contributed by atoms with E-state index >= 15 is 0 Å². The van der Waals surface area contributed by atoms with Crippen LogP contribution in [0.25, 0.3) is 0 Å². The molecule has 2 rings (SSSR count). The topological polar surface area (TPSA) is 66.8 Å². The number of aryl methyl sites for hydroxylation is 1. The highest BCUT2D eigenvalue weighted by Gasteiger charge is 2.13. The first-order valence-corrected chi connectivity index (χ1v) is 8.76. The molecule has 0 fully saturated rings. The van der Waals surface area contributed by atoms with E-state index in [0.717, 1.165) is 22.6 Å². The molecule has 0 saturated carbocycles. The molecule has 0 aliphatic heterocycles. The van der Waals surface area contributed by atoms with Gasteiger partial charge in [-0.15, -0.1) is 0 Å². The van der Waals surface area contributed by atoms with Crippen LogP contribution in [0.15, 0.2) is 47.4 Å². The third-order valence-electron chi connectivity index (χ3n) is 3.44. The van der Waals surface area contributed by atoms with Gasteiger partial charge in [-0.1, -0.05) is 18.2 Å². The van der Waals surface area contributed by atoms with Crippen molar-refractivity contribution < 1.29 is 17.7 Å². The molecule has 0 heterocycles. The summed E-state index contributed by atoms with van der Waals surface area (Å²) in [6, 6.07) is 12.2. The van der Waals surface area contributed by atoms with Crippen LogP contribution in [0, 0.1) is 6.92 Å². The summed E-state index contributed by atoms with van der Waals surface area (Å²) >= 11 is 0. The van der Waals surface area contributed by atoms with Gasteiger partial charge in [0.15, 0.2) is 0 Å². The Hall–Kier alpha value is -2.05. The zero-order valence-corrected chi connectivity index (χ0v) is 14.3. The fourth-order valence-electron chi connectivity index (χ4n) is 2.37. The highest BCUT2D eigenvalue weighted by atomic mass is 32.2. The molecule has 0 radical (unpaired) electrons. The summed E-state index contributed by atoms with van der Waals surface area (Å²) < 4.78 is 37.3. The van der Waals surface area contributed by atoms with E-state index in [4.69, 9.17) is 9.29 Å². The molecule has 5 nitrogen and oxygen atoms in total. The van der Waals surface area contributed by atoms with Crippen LogP contribution in [0.5, 0.6) is 5.75 Å². The lowest BCUT2D eigenvalue weighted by atomic mass is 10.1. The van der Waals surface area contributed by atoms with Crippen molar-refractivity contribution in [1.29, 1.82) is 0 Å². The molecule has 0 aliphatic carbocycles. The molecule has 0 unspecified atom stereocenters. The summed E-state index contributed by atoms with van der Waals surface area (Å²) in [5.41, 5.74) is 2.83. The zero-order valence-electron chi connectivity index (χ0n) is 13.5. The Kier molecular flexibility index (Phi) is 5.28. The van der Waals surface area contributed by atoms with Gasteiger partial charge in [0.05, 0.1) is 17.2 Å². The lowest BCUT2D eigenvalue weighted by molar-refractivity contribution is 0.340. The van der Waals surface area contributed by atoms with E-state index in [1.54, 1.807) is 6.07 Å². The van der Waals surface area contributed by atoms with Gasteiger partial charge in [0.1, 0.15) is 5.75 Å². The Morgan fingerprint density at radius 1 is 1.17 bits per heavy atom. The second kappa shape index (κ2) is 7.02. The number of anilines is 1. The monoisotopic (exact) mass is 335 g/mol. The second-order valence-corrected chi connectivity index (χ2v) is 6.80. The van der Waals surface area contributed by atoms with Gasteiger partial charge in [0.2, 0.25) is 0 Å². The smallest absolute Gasteiger partial charge is 0.294 e. The van der Waals surface area contributed by atoms with Gasteiger partial charge in [-0.05, 0) is 49.2 Å². The molecule has 2 aromatic carbocycles. The lowest BCUT2D eigenvalue weighted by Crippen LogP contribution is -2.18. The van der Waals surface area contributed by atoms with Crippen molar-refractivity contribution in [3.05, 3.63) is 53.6 Å². The molecule has 0 aromatic heterocycles. The van der Waals surface area contributed by atoms with Gasteiger partial charge >= 0.3 is 0 Å². The minimum Gasteiger partial charge on any atom is -0.492 e. The Labute approximate surface area is 137 Å². The predicted molar refractivity (Wildman–Crippen MR) is 90.7 cm³/mol. The minimum atomic E-state index is -4.19. The van der Waals surface area contributed by atoms with Crippen LogP contribution >= 0.6 is 0 Å². The summed E-state index contributed by atoms with van der Waals surface area (Å²) in [5, 5.41) is 0. The van der Waals surface area contributed by atoms with Crippen LogP contribution in [0.1, 0.15) is 18.1 Å². The number of hydrogen-bond donors (Lipinski definition) is 1. The third-order valence-corrected chi connectivity index (χ3v) is 4.29. The van der Waals surface area contributed by atoms with Gasteiger partial charge in [0.25, 0.3) is 10.1 Å². The van der Waals surface area contributed by atoms with E-state index in [1.807, 2.05) is 50.1 Å². The normalized spacial score (nSPS) is 11.3. The quantitative estimate of drug-likeness (QED) is 0.821. The number of ether oxygens (including phenoxy) is 1. The van der Waals surface area contributed by atoms with E-state index in [-0.39, 0.29) is 4.90 Å². The van der Waals surface area contributed by atoms with E-state index in [9.17, 15) is 8.42 Å². The molecule has 0 bridgehead atoms. The summed E-state index contributed by atoms with van der Waals surface area (Å²) in [5.74, 6) is 0.784. The lowest BCUT2D eigenvalue weighted by Gasteiger charge is -2.23. The first kappa shape index (κ1) is 17.3. The van der Waals surface area contributed by atoms with E-state index < -0.39 is 10.1 Å². The maximum absolute atomic E-state index is 11.2. The first-order chi connectivity index (χ1) is 10.8. The van der Waals surface area contributed by atoms with E-state index in [2.05, 4.69) is 0 Å². The van der Waals surface area contributed by atoms with Gasteiger partial charge in [-0.25, -0.2) is 0 Å². The summed E-state index contributed by atoms with van der Waals surface area (Å²) in [7, 11) is -2.28. The van der Waals surface area contributed by atoms with Gasteiger partial charge < -0.3 is 9.64 Å². The van der Waals surface area contributed by atoms with Crippen molar-refractivity contribution in [2.24, 2.45) is 0 Å². The number of benzene rings is 2. The Morgan fingerprint density at radius 3 is 2.57 bits per heavy atom. The maximum Gasteiger partial charge on any atom is 0.294 e. The maximum atomic E-state index is 11.2. The summed E-state index contributed by atoms with van der Waals surface area (Å²) in [6.07, 6.45) is 0. The van der Waals surface area contributed by atoms with Gasteiger partial charge in [-0.3, -0.25) is 4.55 Å². The average Bonchev–Trinajstić information content (AvgIpc) is 2.48. The van der Waals surface area contributed by atoms with Crippen molar-refractivity contribution in [3.8, 4) is 5.75 Å². The minimum absolute atomic E-state index is 0.0994. The van der Waals surface area contributed by atoms with Gasteiger partial charge in [0, 0.05) is 13.6 Å². The molecule has 0 atom stereocenters. The van der Waals surface area contributed by atoms with E-state index in [0.29, 0.717) is 13.2 Å². The third kappa shape index (κ3) is 4.46.